The lowest BCUT2D eigenvalue weighted by Crippen LogP contribution is -2.21. The van der Waals surface area contributed by atoms with Gasteiger partial charge in [0.05, 0.1) is 11.7 Å². The number of thioether (sulfide) groups is 1. The number of rotatable bonds is 3. The molecule has 3 heteroatoms. The van der Waals surface area contributed by atoms with Gasteiger partial charge >= 0.3 is 0 Å². The largest absolute Gasteiger partial charge is 0.299 e. The number of carbonyl (C=O) groups is 2. The average molecular weight is 170 g/mol. The third-order valence-electron chi connectivity index (χ3n) is 1.65. The Kier molecular flexibility index (Phi) is 2.88. The van der Waals surface area contributed by atoms with Crippen molar-refractivity contribution in [3.63, 3.8) is 0 Å². The van der Waals surface area contributed by atoms with Crippen molar-refractivity contribution in [2.45, 2.75) is 6.42 Å². The highest BCUT2D eigenvalue weighted by Crippen LogP contribution is 2.21. The number of Topliss-reactive ketones (excluding diaryl/α,β-unsaturated/α-hetero) is 2. The minimum absolute atomic E-state index is 0.0231. The molecule has 0 amide bonds. The lowest BCUT2D eigenvalue weighted by atomic mass is 10.0. The minimum atomic E-state index is -0.335. The van der Waals surface area contributed by atoms with Crippen LogP contribution in [-0.4, -0.2) is 23.1 Å². The van der Waals surface area contributed by atoms with Gasteiger partial charge in [0.15, 0.2) is 5.78 Å². The van der Waals surface area contributed by atoms with Crippen LogP contribution in [0.4, 0.5) is 0 Å². The Bertz CT molecular complexity index is 198. The number of hydrogen-bond donors (Lipinski definition) is 0. The summed E-state index contributed by atoms with van der Waals surface area (Å²) in [6, 6.07) is 0. The molecular formula is C8H10O2S. The fourth-order valence-corrected chi connectivity index (χ4v) is 2.16. The van der Waals surface area contributed by atoms with Crippen LogP contribution < -0.4 is 0 Å². The Labute approximate surface area is 70.0 Å². The molecule has 1 saturated heterocycles. The van der Waals surface area contributed by atoms with Gasteiger partial charge in [-0.1, -0.05) is 6.08 Å². The lowest BCUT2D eigenvalue weighted by Gasteiger charge is -2.01. The van der Waals surface area contributed by atoms with Gasteiger partial charge in [0.25, 0.3) is 0 Å². The lowest BCUT2D eigenvalue weighted by molar-refractivity contribution is -0.129. The van der Waals surface area contributed by atoms with E-state index in [2.05, 4.69) is 6.58 Å². The molecule has 0 bridgehead atoms. The first kappa shape index (κ1) is 8.53. The van der Waals surface area contributed by atoms with E-state index in [4.69, 9.17) is 0 Å². The summed E-state index contributed by atoms with van der Waals surface area (Å²) in [5, 5.41) is 0. The van der Waals surface area contributed by atoms with Crippen LogP contribution >= 0.6 is 11.8 Å². The number of carbonyl (C=O) groups excluding carboxylic acids is 2. The summed E-state index contributed by atoms with van der Waals surface area (Å²) < 4.78 is 0. The monoisotopic (exact) mass is 170 g/mol. The molecule has 2 nitrogen and oxygen atoms in total. The second kappa shape index (κ2) is 3.72. The van der Waals surface area contributed by atoms with Crippen LogP contribution in [0.1, 0.15) is 6.42 Å². The molecule has 11 heavy (non-hydrogen) atoms. The van der Waals surface area contributed by atoms with E-state index in [1.807, 2.05) is 0 Å². The number of hydrogen-bond acceptors (Lipinski definition) is 3. The van der Waals surface area contributed by atoms with Crippen LogP contribution in [0.15, 0.2) is 12.7 Å². The summed E-state index contributed by atoms with van der Waals surface area (Å²) in [6.07, 6.45) is 1.88. The molecule has 0 spiro atoms. The van der Waals surface area contributed by atoms with Gasteiger partial charge in [-0.15, -0.1) is 6.58 Å². The molecule has 1 heterocycles. The van der Waals surface area contributed by atoms with Crippen molar-refractivity contribution in [3.8, 4) is 0 Å². The van der Waals surface area contributed by atoms with Crippen LogP contribution in [0, 0.1) is 5.92 Å². The van der Waals surface area contributed by atoms with Crippen LogP contribution in [0.5, 0.6) is 0 Å². The van der Waals surface area contributed by atoms with E-state index in [-0.39, 0.29) is 17.5 Å². The second-order valence-electron chi connectivity index (χ2n) is 2.49. The Morgan fingerprint density at radius 3 is 3.00 bits per heavy atom. The highest BCUT2D eigenvalue weighted by atomic mass is 32.2. The van der Waals surface area contributed by atoms with E-state index in [0.29, 0.717) is 17.9 Å². The van der Waals surface area contributed by atoms with E-state index in [1.165, 1.54) is 11.8 Å². The van der Waals surface area contributed by atoms with Crippen molar-refractivity contribution in [2.75, 3.05) is 11.5 Å². The molecule has 0 aliphatic carbocycles. The number of ketones is 2. The minimum Gasteiger partial charge on any atom is -0.299 e. The van der Waals surface area contributed by atoms with E-state index in [1.54, 1.807) is 6.08 Å². The fourth-order valence-electron chi connectivity index (χ4n) is 1.03. The van der Waals surface area contributed by atoms with Crippen molar-refractivity contribution >= 4 is 23.3 Å². The molecule has 0 aromatic heterocycles. The van der Waals surface area contributed by atoms with E-state index < -0.39 is 0 Å². The predicted molar refractivity (Wildman–Crippen MR) is 45.6 cm³/mol. The van der Waals surface area contributed by atoms with Crippen molar-refractivity contribution in [2.24, 2.45) is 5.92 Å². The van der Waals surface area contributed by atoms with E-state index in [9.17, 15) is 9.59 Å². The Hall–Kier alpha value is -0.570. The molecule has 1 unspecified atom stereocenters. The summed E-state index contributed by atoms with van der Waals surface area (Å²) in [6.45, 7) is 3.46. The van der Waals surface area contributed by atoms with E-state index >= 15 is 0 Å². The zero-order valence-corrected chi connectivity index (χ0v) is 7.02. The Balaban J connectivity index is 2.52. The normalized spacial score (nSPS) is 23.6. The summed E-state index contributed by atoms with van der Waals surface area (Å²) in [5.74, 6) is 0.953. The van der Waals surface area contributed by atoms with Crippen LogP contribution in [-0.2, 0) is 9.59 Å². The molecule has 60 valence electrons. The molecule has 0 radical (unpaired) electrons. The smallest absolute Gasteiger partial charge is 0.154 e. The Morgan fingerprint density at radius 1 is 1.82 bits per heavy atom. The molecule has 0 N–H and O–H groups in total. The van der Waals surface area contributed by atoms with Crippen molar-refractivity contribution in [1.82, 2.24) is 0 Å². The zero-order valence-electron chi connectivity index (χ0n) is 6.21. The van der Waals surface area contributed by atoms with Crippen LogP contribution in [0.25, 0.3) is 0 Å². The summed E-state index contributed by atoms with van der Waals surface area (Å²) in [4.78, 5) is 22.2. The quantitative estimate of drug-likeness (QED) is 0.469. The van der Waals surface area contributed by atoms with E-state index in [0.717, 1.165) is 0 Å². The summed E-state index contributed by atoms with van der Waals surface area (Å²) in [5.41, 5.74) is 0. The van der Waals surface area contributed by atoms with Gasteiger partial charge in [-0.05, 0) is 0 Å². The molecule has 1 fully saturated rings. The highest BCUT2D eigenvalue weighted by molar-refractivity contribution is 8.00. The molecular weight excluding hydrogens is 160 g/mol. The van der Waals surface area contributed by atoms with Gasteiger partial charge in [-0.25, -0.2) is 0 Å². The molecule has 0 aromatic rings. The van der Waals surface area contributed by atoms with Crippen molar-refractivity contribution < 1.29 is 9.59 Å². The van der Waals surface area contributed by atoms with Gasteiger partial charge in [-0.3, -0.25) is 9.59 Å². The molecule has 1 atom stereocenters. The van der Waals surface area contributed by atoms with Gasteiger partial charge in [-0.2, -0.15) is 11.8 Å². The maximum Gasteiger partial charge on any atom is 0.154 e. The summed E-state index contributed by atoms with van der Waals surface area (Å²) >= 11 is 1.54. The zero-order chi connectivity index (χ0) is 8.27. The van der Waals surface area contributed by atoms with Crippen molar-refractivity contribution in [3.05, 3.63) is 12.7 Å². The third kappa shape index (κ3) is 1.93. The molecule has 0 aromatic carbocycles. The molecule has 1 rings (SSSR count). The predicted octanol–water partition coefficient (Wildman–Crippen LogP) is 1.06. The highest BCUT2D eigenvalue weighted by Gasteiger charge is 2.30. The SMILES string of the molecule is C=CCC(=O)C1CSCC1=O. The van der Waals surface area contributed by atoms with Crippen LogP contribution in [0.3, 0.4) is 0 Å². The Morgan fingerprint density at radius 2 is 2.55 bits per heavy atom. The first-order valence-electron chi connectivity index (χ1n) is 3.49. The topological polar surface area (TPSA) is 34.1 Å². The van der Waals surface area contributed by atoms with Gasteiger partial charge < -0.3 is 0 Å². The second-order valence-corrected chi connectivity index (χ2v) is 3.52. The standard InChI is InChI=1S/C8H10O2S/c1-2-3-7(9)6-4-11-5-8(6)10/h2,6H,1,3-5H2. The van der Waals surface area contributed by atoms with Gasteiger partial charge in [0, 0.05) is 12.2 Å². The van der Waals surface area contributed by atoms with Crippen molar-refractivity contribution in [1.29, 1.82) is 0 Å². The summed E-state index contributed by atoms with van der Waals surface area (Å²) in [7, 11) is 0. The van der Waals surface area contributed by atoms with Gasteiger partial charge in [0.2, 0.25) is 0 Å². The number of allylic oxidation sites excluding steroid dienone is 1. The first-order valence-corrected chi connectivity index (χ1v) is 4.65. The van der Waals surface area contributed by atoms with Crippen LogP contribution in [0.2, 0.25) is 0 Å². The average Bonchev–Trinajstić information content (AvgIpc) is 2.36. The molecule has 0 saturated carbocycles. The van der Waals surface area contributed by atoms with Gasteiger partial charge in [0.1, 0.15) is 5.78 Å². The molecule has 1 aliphatic heterocycles. The third-order valence-corrected chi connectivity index (χ3v) is 2.71. The fraction of sp³-hybridized carbons (Fsp3) is 0.500. The maximum absolute atomic E-state index is 11.2. The first-order chi connectivity index (χ1) is 5.25. The molecule has 1 aliphatic rings. The maximum atomic E-state index is 11.2.